The van der Waals surface area contributed by atoms with E-state index in [1.54, 1.807) is 12.4 Å². The average Bonchev–Trinajstić information content (AvgIpc) is 2.38. The van der Waals surface area contributed by atoms with Crippen molar-refractivity contribution in [2.24, 2.45) is 0 Å². The highest BCUT2D eigenvalue weighted by atomic mass is 16.3. The lowest BCUT2D eigenvalue weighted by Gasteiger charge is -2.01. The minimum absolute atomic E-state index is 0.749. The van der Waals surface area contributed by atoms with E-state index in [-0.39, 0.29) is 0 Å². The van der Waals surface area contributed by atoms with Gasteiger partial charge in [0, 0.05) is 18.0 Å². The molecule has 0 aliphatic heterocycles. The molecule has 1 aromatic heterocycles. The molecule has 2 nitrogen and oxygen atoms in total. The summed E-state index contributed by atoms with van der Waals surface area (Å²) in [4.78, 5) is 3.95. The molecule has 2 aromatic rings. The second kappa shape index (κ2) is 5.11. The Balaban J connectivity index is 2.15. The lowest BCUT2D eigenvalue weighted by molar-refractivity contribution is 0.238. The zero-order valence-corrected chi connectivity index (χ0v) is 8.67. The summed E-state index contributed by atoms with van der Waals surface area (Å²) in [5, 5.41) is 9.79. The number of aliphatic hydroxyl groups excluding tert-OH is 1. The molecule has 78 valence electrons. The SMILES string of the molecule is OC(C#Cc1cccnc1)c1ccccc1. The zero-order valence-electron chi connectivity index (χ0n) is 8.67. The number of nitrogens with zero attached hydrogens (tertiary/aromatic N) is 1. The van der Waals surface area contributed by atoms with Crippen molar-refractivity contribution in [1.82, 2.24) is 4.98 Å². The van der Waals surface area contributed by atoms with Crippen LogP contribution in [0.15, 0.2) is 54.9 Å². The summed E-state index contributed by atoms with van der Waals surface area (Å²) in [5.74, 6) is 5.66. The lowest BCUT2D eigenvalue weighted by Crippen LogP contribution is -1.92. The van der Waals surface area contributed by atoms with Gasteiger partial charge in [0.1, 0.15) is 6.10 Å². The van der Waals surface area contributed by atoms with Gasteiger partial charge in [0.2, 0.25) is 0 Å². The van der Waals surface area contributed by atoms with Crippen LogP contribution in [0.5, 0.6) is 0 Å². The fourth-order valence-electron chi connectivity index (χ4n) is 1.31. The van der Waals surface area contributed by atoms with Crippen molar-refractivity contribution in [3.63, 3.8) is 0 Å². The third-order valence-corrected chi connectivity index (χ3v) is 2.13. The monoisotopic (exact) mass is 209 g/mol. The number of pyridine rings is 1. The third kappa shape index (κ3) is 2.69. The Morgan fingerprint density at radius 1 is 1.06 bits per heavy atom. The first-order valence-electron chi connectivity index (χ1n) is 5.01. The Kier molecular flexibility index (Phi) is 3.32. The van der Waals surface area contributed by atoms with Crippen LogP contribution in [0.2, 0.25) is 0 Å². The van der Waals surface area contributed by atoms with Crippen LogP contribution in [0.4, 0.5) is 0 Å². The molecule has 0 fully saturated rings. The van der Waals surface area contributed by atoms with Crippen molar-refractivity contribution in [2.75, 3.05) is 0 Å². The van der Waals surface area contributed by atoms with Crippen molar-refractivity contribution in [3.05, 3.63) is 66.0 Å². The molecule has 2 rings (SSSR count). The highest BCUT2D eigenvalue weighted by Crippen LogP contribution is 2.10. The molecule has 0 aliphatic carbocycles. The molecule has 0 bridgehead atoms. The highest BCUT2D eigenvalue weighted by molar-refractivity contribution is 5.34. The van der Waals surface area contributed by atoms with Gasteiger partial charge in [-0.3, -0.25) is 4.98 Å². The summed E-state index contributed by atoms with van der Waals surface area (Å²) < 4.78 is 0. The smallest absolute Gasteiger partial charge is 0.140 e. The zero-order chi connectivity index (χ0) is 11.2. The topological polar surface area (TPSA) is 33.1 Å². The molecule has 0 saturated carbocycles. The van der Waals surface area contributed by atoms with E-state index in [9.17, 15) is 5.11 Å². The molecule has 1 heterocycles. The van der Waals surface area contributed by atoms with E-state index in [2.05, 4.69) is 16.8 Å². The quantitative estimate of drug-likeness (QED) is 0.730. The van der Waals surface area contributed by atoms with Gasteiger partial charge in [0.25, 0.3) is 0 Å². The molecule has 0 amide bonds. The van der Waals surface area contributed by atoms with Crippen molar-refractivity contribution in [1.29, 1.82) is 0 Å². The number of aliphatic hydroxyl groups is 1. The van der Waals surface area contributed by atoms with E-state index in [4.69, 9.17) is 0 Å². The van der Waals surface area contributed by atoms with Crippen molar-refractivity contribution < 1.29 is 5.11 Å². The Morgan fingerprint density at radius 2 is 1.88 bits per heavy atom. The van der Waals surface area contributed by atoms with Gasteiger partial charge in [-0.1, -0.05) is 42.2 Å². The second-order valence-electron chi connectivity index (χ2n) is 3.32. The van der Waals surface area contributed by atoms with Crippen LogP contribution < -0.4 is 0 Å². The summed E-state index contributed by atoms with van der Waals surface area (Å²) in [6, 6.07) is 13.0. The average molecular weight is 209 g/mol. The molecule has 0 saturated heterocycles. The van der Waals surface area contributed by atoms with Gasteiger partial charge in [-0.15, -0.1) is 0 Å². The summed E-state index contributed by atoms with van der Waals surface area (Å²) >= 11 is 0. The Labute approximate surface area is 94.6 Å². The maximum absolute atomic E-state index is 9.79. The van der Waals surface area contributed by atoms with E-state index in [0.717, 1.165) is 11.1 Å². The van der Waals surface area contributed by atoms with Gasteiger partial charge in [0.05, 0.1) is 0 Å². The minimum atomic E-state index is -0.749. The van der Waals surface area contributed by atoms with Crippen molar-refractivity contribution >= 4 is 0 Å². The van der Waals surface area contributed by atoms with Crippen LogP contribution in [-0.4, -0.2) is 10.1 Å². The molecule has 1 unspecified atom stereocenters. The molecule has 1 atom stereocenters. The molecule has 16 heavy (non-hydrogen) atoms. The minimum Gasteiger partial charge on any atom is -0.376 e. The maximum atomic E-state index is 9.79. The van der Waals surface area contributed by atoms with Crippen LogP contribution in [0.25, 0.3) is 0 Å². The predicted molar refractivity (Wildman–Crippen MR) is 62.5 cm³/mol. The summed E-state index contributed by atoms with van der Waals surface area (Å²) in [6.07, 6.45) is 2.62. The summed E-state index contributed by atoms with van der Waals surface area (Å²) in [7, 11) is 0. The highest BCUT2D eigenvalue weighted by Gasteiger charge is 2.00. The third-order valence-electron chi connectivity index (χ3n) is 2.13. The normalized spacial score (nSPS) is 11.3. The molecule has 0 radical (unpaired) electrons. The molecule has 1 aromatic carbocycles. The Bertz CT molecular complexity index is 497. The standard InChI is InChI=1S/C14H11NO/c16-14(13-6-2-1-3-7-13)9-8-12-5-4-10-15-11-12/h1-7,10-11,14,16H. The van der Waals surface area contributed by atoms with Gasteiger partial charge in [-0.25, -0.2) is 0 Å². The summed E-state index contributed by atoms with van der Waals surface area (Å²) in [5.41, 5.74) is 1.61. The van der Waals surface area contributed by atoms with E-state index < -0.39 is 6.10 Å². The van der Waals surface area contributed by atoms with Gasteiger partial charge in [-0.2, -0.15) is 0 Å². The fraction of sp³-hybridized carbons (Fsp3) is 0.0714. The van der Waals surface area contributed by atoms with E-state index >= 15 is 0 Å². The van der Waals surface area contributed by atoms with Gasteiger partial charge in [-0.05, 0) is 17.7 Å². The predicted octanol–water partition coefficient (Wildman–Crippen LogP) is 2.17. The van der Waals surface area contributed by atoms with E-state index in [1.807, 2.05) is 42.5 Å². The number of benzene rings is 1. The van der Waals surface area contributed by atoms with Crippen molar-refractivity contribution in [2.45, 2.75) is 6.10 Å². The largest absolute Gasteiger partial charge is 0.376 e. The number of hydrogen-bond donors (Lipinski definition) is 1. The Hall–Kier alpha value is -2.11. The van der Waals surface area contributed by atoms with Crippen LogP contribution in [0.1, 0.15) is 17.2 Å². The number of hydrogen-bond acceptors (Lipinski definition) is 2. The first-order chi connectivity index (χ1) is 7.86. The van der Waals surface area contributed by atoms with Crippen LogP contribution in [-0.2, 0) is 0 Å². The number of aromatic nitrogens is 1. The first kappa shape index (κ1) is 10.4. The van der Waals surface area contributed by atoms with Gasteiger partial charge < -0.3 is 5.11 Å². The fourth-order valence-corrected chi connectivity index (χ4v) is 1.31. The summed E-state index contributed by atoms with van der Waals surface area (Å²) in [6.45, 7) is 0. The van der Waals surface area contributed by atoms with Crippen LogP contribution in [0.3, 0.4) is 0 Å². The molecular formula is C14H11NO. The second-order valence-corrected chi connectivity index (χ2v) is 3.32. The van der Waals surface area contributed by atoms with Crippen LogP contribution in [0, 0.1) is 11.8 Å². The Morgan fingerprint density at radius 3 is 2.56 bits per heavy atom. The molecule has 1 N–H and O–H groups in total. The van der Waals surface area contributed by atoms with Crippen molar-refractivity contribution in [3.8, 4) is 11.8 Å². The maximum Gasteiger partial charge on any atom is 0.140 e. The molecule has 2 heteroatoms. The van der Waals surface area contributed by atoms with Gasteiger partial charge in [0.15, 0.2) is 0 Å². The van der Waals surface area contributed by atoms with Gasteiger partial charge >= 0.3 is 0 Å². The van der Waals surface area contributed by atoms with E-state index in [0.29, 0.717) is 0 Å². The lowest BCUT2D eigenvalue weighted by atomic mass is 10.1. The molecule has 0 aliphatic rings. The molecule has 0 spiro atoms. The first-order valence-corrected chi connectivity index (χ1v) is 5.01. The number of rotatable bonds is 1. The van der Waals surface area contributed by atoms with Crippen LogP contribution >= 0.6 is 0 Å². The van der Waals surface area contributed by atoms with E-state index in [1.165, 1.54) is 0 Å². The molecular weight excluding hydrogens is 198 g/mol.